The van der Waals surface area contributed by atoms with Crippen molar-refractivity contribution in [3.05, 3.63) is 0 Å². The van der Waals surface area contributed by atoms with Crippen LogP contribution in [0.25, 0.3) is 0 Å². The van der Waals surface area contributed by atoms with Crippen molar-refractivity contribution in [2.24, 2.45) is 16.7 Å². The molecular weight excluding hydrogens is 334 g/mol. The van der Waals surface area contributed by atoms with Crippen LogP contribution in [0.15, 0.2) is 0 Å². The van der Waals surface area contributed by atoms with Crippen LogP contribution in [-0.4, -0.2) is 36.6 Å². The molecule has 0 aliphatic heterocycles. The summed E-state index contributed by atoms with van der Waals surface area (Å²) in [5.41, 5.74) is -1.98. The van der Waals surface area contributed by atoms with Gasteiger partial charge in [0.15, 0.2) is 12.4 Å². The van der Waals surface area contributed by atoms with Crippen molar-refractivity contribution in [3.63, 3.8) is 0 Å². The molecule has 0 heterocycles. The molecule has 134 valence electrons. The molecule has 1 saturated carbocycles. The average molecular weight is 356 g/mol. The van der Waals surface area contributed by atoms with Gasteiger partial charge in [-0.3, -0.25) is 14.1 Å². The van der Waals surface area contributed by atoms with Crippen molar-refractivity contribution in [3.8, 4) is 0 Å². The van der Waals surface area contributed by atoms with Gasteiger partial charge in [-0.25, -0.2) is 0 Å². The van der Waals surface area contributed by atoms with Crippen LogP contribution in [0.1, 0.15) is 47.0 Å². The van der Waals surface area contributed by atoms with E-state index >= 15 is 0 Å². The summed E-state index contributed by atoms with van der Waals surface area (Å²) in [6.45, 7) is 5.01. The SMILES string of the molecule is CCC1CC(C)(C)CC(C)(C(=O)OCC(F)(F)S(=O)(=O)O)C1=O. The van der Waals surface area contributed by atoms with Gasteiger partial charge in [-0.2, -0.15) is 17.2 Å². The summed E-state index contributed by atoms with van der Waals surface area (Å²) in [6, 6.07) is 0. The number of carbonyl (C=O) groups is 2. The van der Waals surface area contributed by atoms with Gasteiger partial charge < -0.3 is 4.74 Å². The predicted octanol–water partition coefficient (Wildman–Crippen LogP) is 2.43. The lowest BCUT2D eigenvalue weighted by Crippen LogP contribution is -2.50. The van der Waals surface area contributed by atoms with E-state index < -0.39 is 39.3 Å². The minimum absolute atomic E-state index is 0.117. The standard InChI is InChI=1S/C14H22F2O6S/c1-5-9-6-12(2,3)7-13(4,10(9)17)11(18)22-8-14(15,16)23(19,20)21/h9H,5-8H2,1-4H3,(H,19,20,21). The highest BCUT2D eigenvalue weighted by atomic mass is 32.2. The van der Waals surface area contributed by atoms with E-state index in [-0.39, 0.29) is 17.6 Å². The highest BCUT2D eigenvalue weighted by molar-refractivity contribution is 7.86. The normalized spacial score (nSPS) is 28.5. The van der Waals surface area contributed by atoms with E-state index in [1.807, 2.05) is 13.8 Å². The van der Waals surface area contributed by atoms with Crippen LogP contribution in [0.2, 0.25) is 0 Å². The zero-order chi connectivity index (χ0) is 18.3. The third-order valence-corrected chi connectivity index (χ3v) is 5.11. The highest BCUT2D eigenvalue weighted by Crippen LogP contribution is 2.48. The molecule has 0 radical (unpaired) electrons. The Morgan fingerprint density at radius 3 is 2.35 bits per heavy atom. The quantitative estimate of drug-likeness (QED) is 0.461. The minimum atomic E-state index is -5.70. The first-order valence-electron chi connectivity index (χ1n) is 7.23. The van der Waals surface area contributed by atoms with Crippen LogP contribution >= 0.6 is 0 Å². The molecule has 0 aromatic heterocycles. The number of esters is 1. The van der Waals surface area contributed by atoms with E-state index in [1.54, 1.807) is 6.92 Å². The second-order valence-corrected chi connectivity index (χ2v) is 8.58. The maximum Gasteiger partial charge on any atom is 0.402 e. The van der Waals surface area contributed by atoms with E-state index in [9.17, 15) is 26.8 Å². The maximum atomic E-state index is 13.2. The molecule has 0 saturated heterocycles. The van der Waals surface area contributed by atoms with Gasteiger partial charge in [-0.05, 0) is 31.6 Å². The Bertz CT molecular complexity index is 598. The van der Waals surface area contributed by atoms with Crippen molar-refractivity contribution in [1.82, 2.24) is 0 Å². The second-order valence-electron chi connectivity index (χ2n) is 7.04. The first kappa shape index (κ1) is 20.0. The van der Waals surface area contributed by atoms with Gasteiger partial charge in [0.25, 0.3) is 0 Å². The van der Waals surface area contributed by atoms with Gasteiger partial charge >= 0.3 is 21.3 Å². The van der Waals surface area contributed by atoms with Gasteiger partial charge in [0.05, 0.1) is 0 Å². The van der Waals surface area contributed by atoms with Gasteiger partial charge in [-0.1, -0.05) is 20.8 Å². The monoisotopic (exact) mass is 356 g/mol. The van der Waals surface area contributed by atoms with Crippen LogP contribution in [0.4, 0.5) is 8.78 Å². The lowest BCUT2D eigenvalue weighted by molar-refractivity contribution is -0.171. The van der Waals surface area contributed by atoms with Gasteiger partial charge in [0.2, 0.25) is 0 Å². The van der Waals surface area contributed by atoms with E-state index in [4.69, 9.17) is 4.55 Å². The molecule has 9 heteroatoms. The number of halogens is 2. The third-order valence-electron chi connectivity index (χ3n) is 4.24. The Morgan fingerprint density at radius 1 is 1.39 bits per heavy atom. The smallest absolute Gasteiger partial charge is 0.402 e. The first-order chi connectivity index (χ1) is 10.2. The first-order valence-corrected chi connectivity index (χ1v) is 8.67. The molecule has 2 atom stereocenters. The van der Waals surface area contributed by atoms with Gasteiger partial charge in [0.1, 0.15) is 5.41 Å². The van der Waals surface area contributed by atoms with E-state index in [0.29, 0.717) is 12.8 Å². The number of hydrogen-bond acceptors (Lipinski definition) is 5. The molecule has 0 bridgehead atoms. The summed E-state index contributed by atoms with van der Waals surface area (Å²) in [4.78, 5) is 24.7. The number of ketones is 1. The minimum Gasteiger partial charge on any atom is -0.457 e. The van der Waals surface area contributed by atoms with E-state index in [1.165, 1.54) is 6.92 Å². The molecule has 2 unspecified atom stereocenters. The van der Waals surface area contributed by atoms with E-state index in [0.717, 1.165) is 0 Å². The summed E-state index contributed by atoms with van der Waals surface area (Å²) in [5.74, 6) is -1.98. The zero-order valence-electron chi connectivity index (χ0n) is 13.6. The Labute approximate surface area is 134 Å². The summed E-state index contributed by atoms with van der Waals surface area (Å²) in [5, 5.41) is -4.61. The lowest BCUT2D eigenvalue weighted by Gasteiger charge is -2.43. The van der Waals surface area contributed by atoms with E-state index in [2.05, 4.69) is 4.74 Å². The molecule has 0 amide bonds. The van der Waals surface area contributed by atoms with Crippen LogP contribution in [-0.2, 0) is 24.4 Å². The molecule has 1 aliphatic rings. The molecule has 23 heavy (non-hydrogen) atoms. The fourth-order valence-corrected chi connectivity index (χ4v) is 3.42. The number of hydrogen-bond donors (Lipinski definition) is 1. The Hall–Kier alpha value is -1.09. The predicted molar refractivity (Wildman–Crippen MR) is 77.4 cm³/mol. The molecule has 1 fully saturated rings. The number of carbonyl (C=O) groups excluding carboxylic acids is 2. The third kappa shape index (κ3) is 4.06. The molecule has 1 rings (SSSR count). The summed E-state index contributed by atoms with van der Waals surface area (Å²) in [7, 11) is -5.70. The number of rotatable bonds is 5. The molecule has 0 aromatic rings. The second kappa shape index (κ2) is 6.08. The van der Waals surface area contributed by atoms with Gasteiger partial charge in [-0.15, -0.1) is 0 Å². The molecular formula is C14H22F2O6S. The Morgan fingerprint density at radius 2 is 1.91 bits per heavy atom. The Kier molecular flexibility index (Phi) is 5.28. The average Bonchev–Trinajstić information content (AvgIpc) is 2.38. The molecule has 0 spiro atoms. The lowest BCUT2D eigenvalue weighted by atomic mass is 9.59. The van der Waals surface area contributed by atoms with Crippen LogP contribution < -0.4 is 0 Å². The van der Waals surface area contributed by atoms with Crippen molar-refractivity contribution < 1.29 is 36.1 Å². The molecule has 1 N–H and O–H groups in total. The Balaban J connectivity index is 2.98. The zero-order valence-corrected chi connectivity index (χ0v) is 14.4. The van der Waals surface area contributed by atoms with Crippen molar-refractivity contribution in [2.75, 3.05) is 6.61 Å². The summed E-state index contributed by atoms with van der Waals surface area (Å²) >= 11 is 0. The van der Waals surface area contributed by atoms with Crippen LogP contribution in [0.3, 0.4) is 0 Å². The van der Waals surface area contributed by atoms with Crippen molar-refractivity contribution in [2.45, 2.75) is 52.2 Å². The topological polar surface area (TPSA) is 97.7 Å². The number of alkyl halides is 2. The van der Waals surface area contributed by atoms with Crippen molar-refractivity contribution >= 4 is 21.9 Å². The summed E-state index contributed by atoms with van der Waals surface area (Å²) < 4.78 is 60.2. The van der Waals surface area contributed by atoms with Gasteiger partial charge in [0, 0.05) is 5.92 Å². The molecule has 6 nitrogen and oxygen atoms in total. The van der Waals surface area contributed by atoms with Crippen LogP contribution in [0, 0.1) is 16.7 Å². The van der Waals surface area contributed by atoms with Crippen LogP contribution in [0.5, 0.6) is 0 Å². The fraction of sp³-hybridized carbons (Fsp3) is 0.857. The van der Waals surface area contributed by atoms with Crippen molar-refractivity contribution in [1.29, 1.82) is 0 Å². The maximum absolute atomic E-state index is 13.2. The fourth-order valence-electron chi connectivity index (χ4n) is 3.21. The largest absolute Gasteiger partial charge is 0.457 e. The molecule has 0 aromatic carbocycles. The number of ether oxygens (including phenoxy) is 1. The molecule has 1 aliphatic carbocycles. The summed E-state index contributed by atoms with van der Waals surface area (Å²) in [6.07, 6.45) is 1.20. The highest BCUT2D eigenvalue weighted by Gasteiger charge is 2.54. The number of Topliss-reactive ketones (excluding diaryl/α,β-unsaturated/α-hetero) is 1.